The Balaban J connectivity index is 2.00. The molecule has 0 aliphatic carbocycles. The smallest absolute Gasteiger partial charge is 0.177 e. The number of fused-ring (bicyclic) bond motifs is 1. The SMILES string of the molecule is CS(=O)(=O)c1cccc(N2CCn3ccnc3C2)c1N. The first kappa shape index (κ1) is 13.0. The highest BCUT2D eigenvalue weighted by Crippen LogP contribution is 2.31. The van der Waals surface area contributed by atoms with E-state index in [-0.39, 0.29) is 4.90 Å². The zero-order chi connectivity index (χ0) is 14.3. The predicted octanol–water partition coefficient (Wildman–Crippen LogP) is 0.889. The average Bonchev–Trinajstić information content (AvgIpc) is 2.84. The molecule has 0 bridgehead atoms. The fraction of sp³-hybridized carbons (Fsp3) is 0.308. The topological polar surface area (TPSA) is 81.2 Å². The summed E-state index contributed by atoms with van der Waals surface area (Å²) < 4.78 is 25.6. The van der Waals surface area contributed by atoms with Crippen molar-refractivity contribution in [1.29, 1.82) is 0 Å². The Labute approximate surface area is 117 Å². The molecule has 1 aromatic heterocycles. The molecule has 3 rings (SSSR count). The molecule has 0 radical (unpaired) electrons. The molecule has 0 unspecified atom stereocenters. The molecule has 0 saturated heterocycles. The zero-order valence-corrected chi connectivity index (χ0v) is 12.0. The van der Waals surface area contributed by atoms with Crippen molar-refractivity contribution in [3.63, 3.8) is 0 Å². The summed E-state index contributed by atoms with van der Waals surface area (Å²) in [4.78, 5) is 6.54. The van der Waals surface area contributed by atoms with E-state index < -0.39 is 9.84 Å². The monoisotopic (exact) mass is 292 g/mol. The fourth-order valence-electron chi connectivity index (χ4n) is 2.51. The van der Waals surface area contributed by atoms with Gasteiger partial charge in [-0.3, -0.25) is 0 Å². The maximum absolute atomic E-state index is 11.7. The van der Waals surface area contributed by atoms with Crippen molar-refractivity contribution in [2.45, 2.75) is 18.0 Å². The van der Waals surface area contributed by atoms with Gasteiger partial charge in [-0.25, -0.2) is 13.4 Å². The first-order valence-electron chi connectivity index (χ1n) is 6.30. The second-order valence-electron chi connectivity index (χ2n) is 4.92. The number of hydrogen-bond acceptors (Lipinski definition) is 5. The van der Waals surface area contributed by atoms with Crippen LogP contribution in [0.2, 0.25) is 0 Å². The van der Waals surface area contributed by atoms with Crippen LogP contribution in [-0.2, 0) is 22.9 Å². The molecule has 0 saturated carbocycles. The minimum absolute atomic E-state index is 0.184. The van der Waals surface area contributed by atoms with Gasteiger partial charge in [0.25, 0.3) is 0 Å². The van der Waals surface area contributed by atoms with Crippen LogP contribution >= 0.6 is 0 Å². The Hall–Kier alpha value is -2.02. The van der Waals surface area contributed by atoms with E-state index in [0.29, 0.717) is 12.2 Å². The highest BCUT2D eigenvalue weighted by Gasteiger charge is 2.21. The number of nitrogen functional groups attached to an aromatic ring is 1. The van der Waals surface area contributed by atoms with Gasteiger partial charge in [-0.05, 0) is 12.1 Å². The summed E-state index contributed by atoms with van der Waals surface area (Å²) in [6.07, 6.45) is 4.89. The Morgan fingerprint density at radius 2 is 2.10 bits per heavy atom. The highest BCUT2D eigenvalue weighted by molar-refractivity contribution is 7.90. The van der Waals surface area contributed by atoms with Gasteiger partial charge in [0.15, 0.2) is 9.84 Å². The lowest BCUT2D eigenvalue weighted by molar-refractivity contribution is 0.560. The molecule has 1 aliphatic rings. The molecule has 0 amide bonds. The molecular formula is C13H16N4O2S. The van der Waals surface area contributed by atoms with Crippen LogP contribution < -0.4 is 10.6 Å². The molecule has 2 heterocycles. The van der Waals surface area contributed by atoms with E-state index in [4.69, 9.17) is 5.73 Å². The van der Waals surface area contributed by atoms with Crippen LogP contribution in [0.1, 0.15) is 5.82 Å². The summed E-state index contributed by atoms with van der Waals surface area (Å²) >= 11 is 0. The van der Waals surface area contributed by atoms with E-state index in [1.165, 1.54) is 6.26 Å². The van der Waals surface area contributed by atoms with Crippen molar-refractivity contribution in [2.75, 3.05) is 23.4 Å². The second-order valence-corrected chi connectivity index (χ2v) is 6.90. The summed E-state index contributed by atoms with van der Waals surface area (Å²) in [7, 11) is -3.32. The Morgan fingerprint density at radius 3 is 2.85 bits per heavy atom. The van der Waals surface area contributed by atoms with E-state index in [1.807, 2.05) is 12.3 Å². The number of hydrogen-bond donors (Lipinski definition) is 1. The van der Waals surface area contributed by atoms with Gasteiger partial charge in [0.2, 0.25) is 0 Å². The lowest BCUT2D eigenvalue weighted by Crippen LogP contribution is -2.34. The van der Waals surface area contributed by atoms with Crippen molar-refractivity contribution < 1.29 is 8.42 Å². The van der Waals surface area contributed by atoms with Gasteiger partial charge in [-0.1, -0.05) is 6.07 Å². The van der Waals surface area contributed by atoms with Gasteiger partial charge in [-0.15, -0.1) is 0 Å². The van der Waals surface area contributed by atoms with Crippen LogP contribution in [0.3, 0.4) is 0 Å². The van der Waals surface area contributed by atoms with Crippen LogP contribution in [-0.4, -0.2) is 30.8 Å². The van der Waals surface area contributed by atoms with E-state index in [2.05, 4.69) is 14.5 Å². The lowest BCUT2D eigenvalue weighted by Gasteiger charge is -2.30. The zero-order valence-electron chi connectivity index (χ0n) is 11.2. The molecule has 6 nitrogen and oxygen atoms in total. The number of nitrogens with zero attached hydrogens (tertiary/aromatic N) is 3. The molecule has 2 N–H and O–H groups in total. The Bertz CT molecular complexity index is 751. The van der Waals surface area contributed by atoms with Gasteiger partial charge < -0.3 is 15.2 Å². The van der Waals surface area contributed by atoms with Crippen molar-refractivity contribution in [3.05, 3.63) is 36.4 Å². The number of sulfone groups is 1. The summed E-state index contributed by atoms with van der Waals surface area (Å²) in [6, 6.07) is 5.12. The molecule has 1 aliphatic heterocycles. The summed E-state index contributed by atoms with van der Waals surface area (Å²) in [5.74, 6) is 0.959. The molecule has 0 atom stereocenters. The first-order valence-corrected chi connectivity index (χ1v) is 8.19. The predicted molar refractivity (Wildman–Crippen MR) is 77.2 cm³/mol. The minimum atomic E-state index is -3.32. The Kier molecular flexibility index (Phi) is 2.93. The normalized spacial score (nSPS) is 15.2. The molecule has 20 heavy (non-hydrogen) atoms. The number of rotatable bonds is 2. The standard InChI is InChI=1S/C13H16N4O2S/c1-20(18,19)11-4-2-3-10(13(11)14)17-8-7-16-6-5-15-12(16)9-17/h2-6H,7-9,14H2,1H3. The maximum atomic E-state index is 11.7. The van der Waals surface area contributed by atoms with Crippen LogP contribution in [0, 0.1) is 0 Å². The summed E-state index contributed by atoms with van der Waals surface area (Å²) in [5.41, 5.74) is 7.11. The molecule has 2 aromatic rings. The van der Waals surface area contributed by atoms with Crippen molar-refractivity contribution in [2.24, 2.45) is 0 Å². The van der Waals surface area contributed by atoms with Crippen LogP contribution in [0.4, 0.5) is 11.4 Å². The number of benzene rings is 1. The molecule has 7 heteroatoms. The third-order valence-electron chi connectivity index (χ3n) is 3.53. The molecule has 1 aromatic carbocycles. The highest BCUT2D eigenvalue weighted by atomic mass is 32.2. The van der Waals surface area contributed by atoms with E-state index >= 15 is 0 Å². The van der Waals surface area contributed by atoms with Gasteiger partial charge in [0.05, 0.1) is 22.8 Å². The van der Waals surface area contributed by atoms with Gasteiger partial charge in [-0.2, -0.15) is 0 Å². The minimum Gasteiger partial charge on any atom is -0.396 e. The summed E-state index contributed by atoms with van der Waals surface area (Å²) in [5, 5.41) is 0. The van der Waals surface area contributed by atoms with Gasteiger partial charge in [0.1, 0.15) is 5.82 Å². The van der Waals surface area contributed by atoms with Crippen molar-refractivity contribution in [3.8, 4) is 0 Å². The Morgan fingerprint density at radius 1 is 1.30 bits per heavy atom. The summed E-state index contributed by atoms with van der Waals surface area (Å²) in [6.45, 7) is 2.23. The maximum Gasteiger partial charge on any atom is 0.177 e. The largest absolute Gasteiger partial charge is 0.396 e. The third kappa shape index (κ3) is 2.14. The van der Waals surface area contributed by atoms with E-state index in [9.17, 15) is 8.42 Å². The van der Waals surface area contributed by atoms with Crippen LogP contribution in [0.25, 0.3) is 0 Å². The molecule has 0 fully saturated rings. The second kappa shape index (κ2) is 4.52. The first-order chi connectivity index (χ1) is 9.47. The number of aromatic nitrogens is 2. The van der Waals surface area contributed by atoms with Gasteiger partial charge >= 0.3 is 0 Å². The third-order valence-corrected chi connectivity index (χ3v) is 4.68. The van der Waals surface area contributed by atoms with Crippen LogP contribution in [0.15, 0.2) is 35.5 Å². The van der Waals surface area contributed by atoms with E-state index in [0.717, 1.165) is 24.6 Å². The lowest BCUT2D eigenvalue weighted by atomic mass is 10.2. The van der Waals surface area contributed by atoms with Crippen molar-refractivity contribution in [1.82, 2.24) is 9.55 Å². The van der Waals surface area contributed by atoms with Crippen LogP contribution in [0.5, 0.6) is 0 Å². The molecule has 106 valence electrons. The number of para-hydroxylation sites is 1. The fourth-order valence-corrected chi connectivity index (χ4v) is 3.34. The number of anilines is 2. The van der Waals surface area contributed by atoms with E-state index in [1.54, 1.807) is 18.3 Å². The number of imidazole rings is 1. The van der Waals surface area contributed by atoms with Gasteiger partial charge in [0, 0.05) is 31.7 Å². The average molecular weight is 292 g/mol. The molecular weight excluding hydrogens is 276 g/mol. The number of nitrogens with two attached hydrogens (primary N) is 1. The van der Waals surface area contributed by atoms with Crippen molar-refractivity contribution >= 4 is 21.2 Å². The molecule has 0 spiro atoms. The quantitative estimate of drug-likeness (QED) is 0.831.